The summed E-state index contributed by atoms with van der Waals surface area (Å²) in [7, 11) is 1.24. The van der Waals surface area contributed by atoms with Crippen molar-refractivity contribution in [2.45, 2.75) is 257 Å². The molecule has 0 heterocycles. The standard InChI is InChI=1S/C53H103N2O6P/c1-6-8-10-12-14-16-18-19-20-21-22-23-24-25-26-27-28-29-30-31-32-33-34-35-36-37-39-41-43-45-47-53(57)54-51(50-61-62(58,59)60-49-48-55(3,4)5)52(56)46-44-42-40-38-17-15-13-11-9-7-2/h9,11,17,38,44,46,51-52,56H,6-8,10,12-16,18-37,39-43,45,47-50H2,1-5H3,(H-,54,57,58,59)/b11-9+,38-17+,46-44+. The van der Waals surface area contributed by atoms with E-state index < -0.39 is 26.6 Å². The number of hydrogen-bond acceptors (Lipinski definition) is 6. The molecule has 0 rings (SSSR count). The Morgan fingerprint density at radius 3 is 1.29 bits per heavy atom. The minimum atomic E-state index is -4.60. The molecule has 366 valence electrons. The Bertz CT molecular complexity index is 1110. The normalized spacial score (nSPS) is 14.4. The number of phosphoric acid groups is 1. The molecule has 0 bridgehead atoms. The molecule has 3 atom stereocenters. The number of likely N-dealkylation sites (N-methyl/N-ethyl adjacent to an activating group) is 1. The van der Waals surface area contributed by atoms with Gasteiger partial charge in [-0.1, -0.05) is 237 Å². The third-order valence-electron chi connectivity index (χ3n) is 11.8. The van der Waals surface area contributed by atoms with Crippen LogP contribution in [-0.4, -0.2) is 68.5 Å². The summed E-state index contributed by atoms with van der Waals surface area (Å²) in [5.74, 6) is -0.210. The average Bonchev–Trinajstić information content (AvgIpc) is 3.23. The van der Waals surface area contributed by atoms with Crippen LogP contribution in [0, 0.1) is 0 Å². The van der Waals surface area contributed by atoms with Crippen molar-refractivity contribution in [1.29, 1.82) is 0 Å². The molecule has 62 heavy (non-hydrogen) atoms. The number of carbonyl (C=O) groups is 1. The maximum Gasteiger partial charge on any atom is 0.268 e. The second kappa shape index (κ2) is 44.9. The van der Waals surface area contributed by atoms with E-state index in [1.54, 1.807) is 6.08 Å². The number of unbranched alkanes of at least 4 members (excludes halogenated alkanes) is 31. The number of nitrogens with one attached hydrogen (secondary N) is 1. The van der Waals surface area contributed by atoms with Crippen molar-refractivity contribution in [3.05, 3.63) is 36.5 Å². The van der Waals surface area contributed by atoms with Gasteiger partial charge in [0, 0.05) is 6.42 Å². The lowest BCUT2D eigenvalue weighted by atomic mass is 10.0. The molecule has 0 aromatic heterocycles. The van der Waals surface area contributed by atoms with E-state index in [9.17, 15) is 19.4 Å². The second-order valence-electron chi connectivity index (χ2n) is 19.2. The highest BCUT2D eigenvalue weighted by Crippen LogP contribution is 2.38. The topological polar surface area (TPSA) is 108 Å². The molecule has 0 aliphatic heterocycles. The summed E-state index contributed by atoms with van der Waals surface area (Å²) >= 11 is 0. The first-order chi connectivity index (χ1) is 30.0. The number of nitrogens with zero attached hydrogens (tertiary/aromatic N) is 1. The summed E-state index contributed by atoms with van der Waals surface area (Å²) in [5.41, 5.74) is 0. The van der Waals surface area contributed by atoms with Crippen LogP contribution in [0.15, 0.2) is 36.5 Å². The van der Waals surface area contributed by atoms with Crippen LogP contribution in [-0.2, 0) is 18.4 Å². The lowest BCUT2D eigenvalue weighted by Crippen LogP contribution is -2.45. The van der Waals surface area contributed by atoms with Crippen LogP contribution in [0.4, 0.5) is 0 Å². The number of aliphatic hydroxyl groups is 1. The van der Waals surface area contributed by atoms with E-state index in [2.05, 4.69) is 43.5 Å². The highest BCUT2D eigenvalue weighted by atomic mass is 31.2. The van der Waals surface area contributed by atoms with E-state index in [4.69, 9.17) is 9.05 Å². The molecule has 0 aromatic rings. The van der Waals surface area contributed by atoms with Crippen LogP contribution >= 0.6 is 7.82 Å². The number of hydrogen-bond donors (Lipinski definition) is 2. The van der Waals surface area contributed by atoms with E-state index in [1.807, 2.05) is 27.2 Å². The van der Waals surface area contributed by atoms with Gasteiger partial charge in [0.2, 0.25) is 5.91 Å². The van der Waals surface area contributed by atoms with Crippen LogP contribution in [0.2, 0.25) is 0 Å². The minimum absolute atomic E-state index is 0.00808. The fourth-order valence-corrected chi connectivity index (χ4v) is 8.45. The third kappa shape index (κ3) is 46.7. The van der Waals surface area contributed by atoms with Crippen LogP contribution in [0.5, 0.6) is 0 Å². The van der Waals surface area contributed by atoms with Gasteiger partial charge in [-0.05, 0) is 38.5 Å². The molecule has 0 aliphatic carbocycles. The van der Waals surface area contributed by atoms with Gasteiger partial charge in [-0.3, -0.25) is 9.36 Å². The zero-order valence-electron chi connectivity index (χ0n) is 41.6. The molecule has 0 saturated heterocycles. The molecule has 0 aliphatic rings. The van der Waals surface area contributed by atoms with Crippen molar-refractivity contribution in [1.82, 2.24) is 5.32 Å². The minimum Gasteiger partial charge on any atom is -0.756 e. The van der Waals surface area contributed by atoms with Gasteiger partial charge in [0.05, 0.1) is 39.9 Å². The first-order valence-electron chi connectivity index (χ1n) is 26.4. The number of phosphoric ester groups is 1. The average molecular weight is 895 g/mol. The maximum atomic E-state index is 12.9. The van der Waals surface area contributed by atoms with Gasteiger partial charge >= 0.3 is 0 Å². The van der Waals surface area contributed by atoms with E-state index in [-0.39, 0.29) is 12.5 Å². The zero-order chi connectivity index (χ0) is 45.7. The highest BCUT2D eigenvalue weighted by Gasteiger charge is 2.23. The van der Waals surface area contributed by atoms with Crippen molar-refractivity contribution in [2.75, 3.05) is 40.9 Å². The largest absolute Gasteiger partial charge is 0.756 e. The Hall–Kier alpha value is -1.28. The van der Waals surface area contributed by atoms with Gasteiger partial charge in [-0.2, -0.15) is 0 Å². The molecular formula is C53H103N2O6P. The Kier molecular flexibility index (Phi) is 44.0. The van der Waals surface area contributed by atoms with Crippen LogP contribution in [0.25, 0.3) is 0 Å². The lowest BCUT2D eigenvalue weighted by molar-refractivity contribution is -0.870. The fourth-order valence-electron chi connectivity index (χ4n) is 7.72. The molecule has 8 nitrogen and oxygen atoms in total. The summed E-state index contributed by atoms with van der Waals surface area (Å²) in [4.78, 5) is 25.3. The molecule has 0 aromatic carbocycles. The summed E-state index contributed by atoms with van der Waals surface area (Å²) in [5, 5.41) is 13.7. The molecule has 3 unspecified atom stereocenters. The molecule has 2 N–H and O–H groups in total. The zero-order valence-corrected chi connectivity index (χ0v) is 42.5. The van der Waals surface area contributed by atoms with Gasteiger partial charge in [0.25, 0.3) is 7.82 Å². The molecule has 0 spiro atoms. The first kappa shape index (κ1) is 60.7. The summed E-state index contributed by atoms with van der Waals surface area (Å²) < 4.78 is 23.2. The quantitative estimate of drug-likeness (QED) is 0.0273. The predicted octanol–water partition coefficient (Wildman–Crippen LogP) is 14.8. The van der Waals surface area contributed by atoms with Crippen LogP contribution in [0.1, 0.15) is 245 Å². The summed E-state index contributed by atoms with van der Waals surface area (Å²) in [6.45, 7) is 4.51. The van der Waals surface area contributed by atoms with Gasteiger partial charge in [-0.15, -0.1) is 0 Å². The predicted molar refractivity (Wildman–Crippen MR) is 265 cm³/mol. The molecular weight excluding hydrogens is 792 g/mol. The van der Waals surface area contributed by atoms with Gasteiger partial charge in [0.1, 0.15) is 13.2 Å². The Labute approximate surface area is 385 Å². The van der Waals surface area contributed by atoms with Crippen molar-refractivity contribution in [2.24, 2.45) is 0 Å². The number of carbonyl (C=O) groups excluding carboxylic acids is 1. The Morgan fingerprint density at radius 2 is 0.919 bits per heavy atom. The number of amides is 1. The fraction of sp³-hybridized carbons (Fsp3) is 0.868. The highest BCUT2D eigenvalue weighted by molar-refractivity contribution is 7.45. The van der Waals surface area contributed by atoms with E-state index in [0.29, 0.717) is 17.4 Å². The molecule has 0 radical (unpaired) electrons. The molecule has 9 heteroatoms. The van der Waals surface area contributed by atoms with Crippen LogP contribution < -0.4 is 10.2 Å². The molecule has 1 amide bonds. The van der Waals surface area contributed by atoms with Crippen LogP contribution in [0.3, 0.4) is 0 Å². The van der Waals surface area contributed by atoms with Crippen molar-refractivity contribution in [3.8, 4) is 0 Å². The number of aliphatic hydroxyl groups excluding tert-OH is 1. The summed E-state index contributed by atoms with van der Waals surface area (Å²) in [6, 6.07) is -0.905. The van der Waals surface area contributed by atoms with Gasteiger partial charge in [0.15, 0.2) is 0 Å². The van der Waals surface area contributed by atoms with Crippen molar-refractivity contribution in [3.63, 3.8) is 0 Å². The Morgan fingerprint density at radius 1 is 0.565 bits per heavy atom. The molecule has 0 fully saturated rings. The van der Waals surface area contributed by atoms with Gasteiger partial charge in [-0.25, -0.2) is 0 Å². The first-order valence-corrected chi connectivity index (χ1v) is 27.8. The Balaban J connectivity index is 3.99. The number of quaternary nitrogens is 1. The monoisotopic (exact) mass is 895 g/mol. The van der Waals surface area contributed by atoms with E-state index in [1.165, 1.54) is 173 Å². The van der Waals surface area contributed by atoms with Crippen molar-refractivity contribution >= 4 is 13.7 Å². The van der Waals surface area contributed by atoms with Gasteiger partial charge < -0.3 is 28.8 Å². The molecule has 0 saturated carbocycles. The van der Waals surface area contributed by atoms with E-state index in [0.717, 1.165) is 51.4 Å². The third-order valence-corrected chi connectivity index (χ3v) is 12.8. The number of rotatable bonds is 48. The van der Waals surface area contributed by atoms with Crippen molar-refractivity contribution < 1.29 is 32.9 Å². The van der Waals surface area contributed by atoms with E-state index >= 15 is 0 Å². The second-order valence-corrected chi connectivity index (χ2v) is 20.6. The number of allylic oxidation sites excluding steroid dienone is 5. The summed E-state index contributed by atoms with van der Waals surface area (Å²) in [6.07, 6.45) is 56.8. The maximum absolute atomic E-state index is 12.9. The smallest absolute Gasteiger partial charge is 0.268 e. The SMILES string of the molecule is CC/C=C/CC/C=C/CC/C=C/C(O)C(COP(=O)([O-])OCC[N+](C)(C)C)NC(=O)CCCCCCCCCCCCCCCCCCCCCCCCCCCCCCCC. The lowest BCUT2D eigenvalue weighted by Gasteiger charge is -2.29.